The largest absolute Gasteiger partial charge is 0.484 e. The van der Waals surface area contributed by atoms with Crippen LogP contribution in [0, 0.1) is 0 Å². The van der Waals surface area contributed by atoms with E-state index in [9.17, 15) is 19.5 Å². The molecule has 2 amide bonds. The summed E-state index contributed by atoms with van der Waals surface area (Å²) in [5, 5.41) is 12.1. The van der Waals surface area contributed by atoms with E-state index in [2.05, 4.69) is 5.32 Å². The van der Waals surface area contributed by atoms with E-state index in [0.29, 0.717) is 24.3 Å². The van der Waals surface area contributed by atoms with Crippen molar-refractivity contribution in [2.24, 2.45) is 0 Å². The Hall–Kier alpha value is -3.35. The zero-order chi connectivity index (χ0) is 19.2. The van der Waals surface area contributed by atoms with Crippen LogP contribution in [-0.2, 0) is 20.8 Å². The highest BCUT2D eigenvalue weighted by atomic mass is 16.5. The molecule has 0 bridgehead atoms. The molecule has 0 spiro atoms. The van der Waals surface area contributed by atoms with Gasteiger partial charge in [0.05, 0.1) is 6.54 Å². The number of benzene rings is 2. The van der Waals surface area contributed by atoms with Gasteiger partial charge in [-0.15, -0.1) is 0 Å². The number of rotatable bonds is 6. The van der Waals surface area contributed by atoms with Gasteiger partial charge in [0.1, 0.15) is 5.75 Å². The fraction of sp³-hybridized carbons (Fsp3) is 0.250. The number of aliphatic carboxylic acids is 1. The minimum atomic E-state index is -1.09. The smallest absolute Gasteiger partial charge is 0.331 e. The van der Waals surface area contributed by atoms with E-state index in [0.717, 1.165) is 5.56 Å². The molecule has 0 radical (unpaired) electrons. The number of hydrogen-bond donors (Lipinski definition) is 2. The third-order valence-corrected chi connectivity index (χ3v) is 4.39. The zero-order valence-corrected chi connectivity index (χ0v) is 14.6. The average molecular weight is 368 g/mol. The molecule has 1 unspecified atom stereocenters. The van der Waals surface area contributed by atoms with Crippen molar-refractivity contribution < 1.29 is 24.2 Å². The Labute approximate surface area is 156 Å². The van der Waals surface area contributed by atoms with E-state index in [1.54, 1.807) is 36.4 Å². The fourth-order valence-electron chi connectivity index (χ4n) is 3.09. The number of nitrogens with zero attached hydrogens (tertiary/aromatic N) is 1. The maximum absolute atomic E-state index is 12.5. The Bertz CT molecular complexity index is 837. The summed E-state index contributed by atoms with van der Waals surface area (Å²) in [5.74, 6) is -1.42. The molecule has 0 saturated carbocycles. The summed E-state index contributed by atoms with van der Waals surface area (Å²) < 4.78 is 5.32. The molecule has 7 heteroatoms. The zero-order valence-electron chi connectivity index (χ0n) is 14.6. The predicted octanol–water partition coefficient (Wildman–Crippen LogP) is 1.39. The Balaban J connectivity index is 1.57. The van der Waals surface area contributed by atoms with Crippen LogP contribution in [0.25, 0.3) is 0 Å². The summed E-state index contributed by atoms with van der Waals surface area (Å²) in [6, 6.07) is 15.0. The Morgan fingerprint density at radius 3 is 2.52 bits per heavy atom. The van der Waals surface area contributed by atoms with E-state index in [-0.39, 0.29) is 13.2 Å². The summed E-state index contributed by atoms with van der Waals surface area (Å²) in [7, 11) is 0. The van der Waals surface area contributed by atoms with Crippen LogP contribution in [0.2, 0.25) is 0 Å². The van der Waals surface area contributed by atoms with Crippen molar-refractivity contribution >= 4 is 17.8 Å². The molecule has 0 aromatic heterocycles. The molecule has 140 valence electrons. The molecule has 1 atom stereocenters. The second kappa shape index (κ2) is 8.35. The summed E-state index contributed by atoms with van der Waals surface area (Å²) in [6.45, 7) is -0.200. The molecule has 1 aliphatic heterocycles. The lowest BCUT2D eigenvalue weighted by atomic mass is 9.92. The first-order valence-electron chi connectivity index (χ1n) is 8.61. The van der Waals surface area contributed by atoms with Crippen LogP contribution in [0.15, 0.2) is 54.6 Å². The normalized spacial score (nSPS) is 15.6. The number of para-hydroxylation sites is 1. The number of amides is 2. The second-order valence-electron chi connectivity index (χ2n) is 6.16. The van der Waals surface area contributed by atoms with Crippen LogP contribution < -0.4 is 10.1 Å². The minimum Gasteiger partial charge on any atom is -0.484 e. The van der Waals surface area contributed by atoms with Crippen LogP contribution in [0.4, 0.5) is 0 Å². The molecule has 2 aromatic carbocycles. The molecule has 1 aliphatic rings. The highest BCUT2D eigenvalue weighted by Crippen LogP contribution is 2.29. The van der Waals surface area contributed by atoms with Gasteiger partial charge in [0.25, 0.3) is 5.91 Å². The van der Waals surface area contributed by atoms with Crippen molar-refractivity contribution in [3.05, 3.63) is 65.7 Å². The first-order chi connectivity index (χ1) is 13.1. The average Bonchev–Trinajstić information content (AvgIpc) is 2.70. The molecule has 2 N–H and O–H groups in total. The number of carboxylic acids is 1. The minimum absolute atomic E-state index is 0.220. The molecule has 2 aromatic rings. The molecule has 0 fully saturated rings. The van der Waals surface area contributed by atoms with E-state index in [1.807, 2.05) is 18.2 Å². The van der Waals surface area contributed by atoms with E-state index in [4.69, 9.17) is 4.74 Å². The van der Waals surface area contributed by atoms with Gasteiger partial charge < -0.3 is 20.1 Å². The summed E-state index contributed by atoms with van der Waals surface area (Å²) in [6.07, 6.45) is 0.580. The number of carboxylic acid groups (broad SMARTS) is 1. The number of carbonyl (C=O) groups is 3. The molecule has 0 saturated heterocycles. The van der Waals surface area contributed by atoms with E-state index >= 15 is 0 Å². The highest BCUT2D eigenvalue weighted by molar-refractivity contribution is 5.89. The molecule has 0 aliphatic carbocycles. The van der Waals surface area contributed by atoms with E-state index in [1.165, 1.54) is 4.90 Å². The SMILES string of the molecule is O=C(COc1ccccc1)NCC(=O)N1CCc2ccccc2C1C(=O)O. The standard InChI is InChI=1S/C20H20N2O5/c23-17(13-27-15-7-2-1-3-8-15)21-12-18(24)22-11-10-14-6-4-5-9-16(14)19(22)20(25)26/h1-9,19H,10-13H2,(H,21,23)(H,25,26). The van der Waals surface area contributed by atoms with Crippen LogP contribution >= 0.6 is 0 Å². The fourth-order valence-corrected chi connectivity index (χ4v) is 3.09. The molecular formula is C20H20N2O5. The first kappa shape index (κ1) is 18.4. The van der Waals surface area contributed by atoms with Crippen molar-refractivity contribution in [1.82, 2.24) is 10.2 Å². The van der Waals surface area contributed by atoms with Gasteiger partial charge in [0.15, 0.2) is 12.6 Å². The quantitative estimate of drug-likeness (QED) is 0.803. The van der Waals surface area contributed by atoms with Crippen molar-refractivity contribution in [2.45, 2.75) is 12.5 Å². The van der Waals surface area contributed by atoms with Crippen molar-refractivity contribution in [3.63, 3.8) is 0 Å². The van der Waals surface area contributed by atoms with Gasteiger partial charge >= 0.3 is 5.97 Å². The van der Waals surface area contributed by atoms with Crippen molar-refractivity contribution in [3.8, 4) is 5.75 Å². The number of fused-ring (bicyclic) bond motifs is 1. The number of ether oxygens (including phenoxy) is 1. The lowest BCUT2D eigenvalue weighted by molar-refractivity contribution is -0.151. The lowest BCUT2D eigenvalue weighted by Crippen LogP contribution is -2.48. The van der Waals surface area contributed by atoms with Crippen LogP contribution in [0.3, 0.4) is 0 Å². The van der Waals surface area contributed by atoms with Crippen molar-refractivity contribution in [1.29, 1.82) is 0 Å². The third-order valence-electron chi connectivity index (χ3n) is 4.39. The van der Waals surface area contributed by atoms with Gasteiger partial charge in [-0.2, -0.15) is 0 Å². The van der Waals surface area contributed by atoms with Gasteiger partial charge in [0.2, 0.25) is 5.91 Å². The molecule has 7 nitrogen and oxygen atoms in total. The maximum Gasteiger partial charge on any atom is 0.331 e. The van der Waals surface area contributed by atoms with Crippen LogP contribution in [0.1, 0.15) is 17.2 Å². The summed E-state index contributed by atoms with van der Waals surface area (Å²) in [4.78, 5) is 37.4. The highest BCUT2D eigenvalue weighted by Gasteiger charge is 2.35. The Kier molecular flexibility index (Phi) is 5.71. The van der Waals surface area contributed by atoms with Crippen LogP contribution in [-0.4, -0.2) is 47.5 Å². The van der Waals surface area contributed by atoms with Gasteiger partial charge in [-0.05, 0) is 29.7 Å². The first-order valence-corrected chi connectivity index (χ1v) is 8.61. The second-order valence-corrected chi connectivity index (χ2v) is 6.16. The topological polar surface area (TPSA) is 95.9 Å². The summed E-state index contributed by atoms with van der Waals surface area (Å²) >= 11 is 0. The van der Waals surface area contributed by atoms with Crippen molar-refractivity contribution in [2.75, 3.05) is 19.7 Å². The van der Waals surface area contributed by atoms with Gasteiger partial charge in [-0.25, -0.2) is 4.79 Å². The van der Waals surface area contributed by atoms with Gasteiger partial charge in [-0.1, -0.05) is 42.5 Å². The Morgan fingerprint density at radius 2 is 1.78 bits per heavy atom. The predicted molar refractivity (Wildman–Crippen MR) is 97.2 cm³/mol. The summed E-state index contributed by atoms with van der Waals surface area (Å²) in [5.41, 5.74) is 1.54. The van der Waals surface area contributed by atoms with Crippen LogP contribution in [0.5, 0.6) is 5.75 Å². The van der Waals surface area contributed by atoms with E-state index < -0.39 is 23.8 Å². The van der Waals surface area contributed by atoms with Gasteiger partial charge in [0, 0.05) is 6.54 Å². The molecule has 27 heavy (non-hydrogen) atoms. The maximum atomic E-state index is 12.5. The molecule has 3 rings (SSSR count). The number of nitrogens with one attached hydrogen (secondary N) is 1. The third kappa shape index (κ3) is 4.44. The number of hydrogen-bond acceptors (Lipinski definition) is 4. The molecular weight excluding hydrogens is 348 g/mol. The lowest BCUT2D eigenvalue weighted by Gasteiger charge is -2.34. The van der Waals surface area contributed by atoms with Gasteiger partial charge in [-0.3, -0.25) is 9.59 Å². The number of carbonyl (C=O) groups excluding carboxylic acids is 2. The molecule has 1 heterocycles. The Morgan fingerprint density at radius 1 is 1.07 bits per heavy atom. The monoisotopic (exact) mass is 368 g/mol.